The first-order valence-corrected chi connectivity index (χ1v) is 8.31. The molecule has 2 aliphatic rings. The van der Waals surface area contributed by atoms with E-state index in [4.69, 9.17) is 0 Å². The minimum atomic E-state index is -2.85. The average Bonchev–Trinajstić information content (AvgIpc) is 2.52. The minimum Gasteiger partial charge on any atom is -0.295 e. The topological polar surface area (TPSA) is 51.2 Å². The van der Waals surface area contributed by atoms with Crippen LogP contribution in [0.1, 0.15) is 44.9 Å². The first-order valence-electron chi connectivity index (χ1n) is 6.49. The van der Waals surface area contributed by atoms with Crippen molar-refractivity contribution < 1.29 is 13.2 Å². The number of carbonyl (C=O) groups excluding carboxylic acids is 1. The molecule has 17 heavy (non-hydrogen) atoms. The molecule has 0 amide bonds. The van der Waals surface area contributed by atoms with Gasteiger partial charge in [0, 0.05) is 6.42 Å². The van der Waals surface area contributed by atoms with Crippen LogP contribution >= 0.6 is 0 Å². The molecule has 0 bridgehead atoms. The summed E-state index contributed by atoms with van der Waals surface area (Å²) in [6, 6.07) is 0. The van der Waals surface area contributed by atoms with E-state index in [9.17, 15) is 13.2 Å². The quantitative estimate of drug-likeness (QED) is 0.778. The number of hydrogen-bond acceptors (Lipinski definition) is 3. The highest BCUT2D eigenvalue weighted by atomic mass is 32.2. The van der Waals surface area contributed by atoms with E-state index < -0.39 is 9.84 Å². The van der Waals surface area contributed by atoms with Gasteiger partial charge in [0.1, 0.15) is 0 Å². The fourth-order valence-corrected chi connectivity index (χ4v) is 4.56. The molecule has 3 nitrogen and oxygen atoms in total. The number of hydrogen-bond donors (Lipinski definition) is 0. The lowest BCUT2D eigenvalue weighted by molar-refractivity contribution is -0.116. The summed E-state index contributed by atoms with van der Waals surface area (Å²) in [5, 5.41) is 0. The minimum absolute atomic E-state index is 0.0663. The highest BCUT2D eigenvalue weighted by Crippen LogP contribution is 2.25. The number of sulfone groups is 1. The van der Waals surface area contributed by atoms with Crippen LogP contribution in [-0.2, 0) is 14.6 Å². The summed E-state index contributed by atoms with van der Waals surface area (Å²) in [7, 11) is -2.85. The Morgan fingerprint density at radius 1 is 1.29 bits per heavy atom. The molecule has 1 aliphatic heterocycles. The first kappa shape index (κ1) is 12.8. The van der Waals surface area contributed by atoms with Gasteiger partial charge in [-0.2, -0.15) is 0 Å². The molecule has 0 saturated carbocycles. The molecule has 0 aromatic heterocycles. The fourth-order valence-electron chi connectivity index (χ4n) is 2.69. The second kappa shape index (κ2) is 5.34. The molecule has 1 fully saturated rings. The van der Waals surface area contributed by atoms with Crippen LogP contribution in [0.4, 0.5) is 0 Å². The smallest absolute Gasteiger partial charge is 0.158 e. The Balaban J connectivity index is 1.91. The predicted octanol–water partition coefficient (Wildman–Crippen LogP) is 2.27. The van der Waals surface area contributed by atoms with E-state index in [1.54, 1.807) is 0 Å². The molecule has 1 heterocycles. The third-order valence-electron chi connectivity index (χ3n) is 3.70. The van der Waals surface area contributed by atoms with Crippen molar-refractivity contribution in [2.75, 3.05) is 11.5 Å². The van der Waals surface area contributed by atoms with Crippen molar-refractivity contribution in [3.63, 3.8) is 0 Å². The van der Waals surface area contributed by atoms with Gasteiger partial charge in [0.2, 0.25) is 0 Å². The molecule has 0 N–H and O–H groups in total. The van der Waals surface area contributed by atoms with Crippen molar-refractivity contribution >= 4 is 15.6 Å². The van der Waals surface area contributed by atoms with Crippen LogP contribution in [0.5, 0.6) is 0 Å². The summed E-state index contributed by atoms with van der Waals surface area (Å²) in [5.41, 5.74) is 0.951. The van der Waals surface area contributed by atoms with Crippen LogP contribution in [0.15, 0.2) is 11.6 Å². The van der Waals surface area contributed by atoms with E-state index in [-0.39, 0.29) is 23.2 Å². The van der Waals surface area contributed by atoms with E-state index in [0.29, 0.717) is 12.8 Å². The Labute approximate surface area is 103 Å². The zero-order chi connectivity index (χ0) is 12.3. The Hall–Kier alpha value is -0.640. The van der Waals surface area contributed by atoms with Gasteiger partial charge in [0.25, 0.3) is 0 Å². The van der Waals surface area contributed by atoms with Crippen LogP contribution in [0.25, 0.3) is 0 Å². The maximum Gasteiger partial charge on any atom is 0.158 e. The molecule has 0 radical (unpaired) electrons. The maximum atomic E-state index is 12.1. The van der Waals surface area contributed by atoms with Gasteiger partial charge in [-0.1, -0.05) is 12.5 Å². The number of Topliss-reactive ketones (excluding diaryl/α,β-unsaturated/α-hetero) is 1. The van der Waals surface area contributed by atoms with Gasteiger partial charge < -0.3 is 0 Å². The molecule has 1 aliphatic carbocycles. The molecule has 1 saturated heterocycles. The third kappa shape index (κ3) is 3.66. The highest BCUT2D eigenvalue weighted by molar-refractivity contribution is 7.91. The Morgan fingerprint density at radius 2 is 2.12 bits per heavy atom. The second-order valence-corrected chi connectivity index (χ2v) is 7.45. The van der Waals surface area contributed by atoms with Crippen molar-refractivity contribution in [1.82, 2.24) is 0 Å². The van der Waals surface area contributed by atoms with Crippen LogP contribution in [-0.4, -0.2) is 25.7 Å². The normalized spacial score (nSPS) is 28.5. The first-order chi connectivity index (χ1) is 8.07. The summed E-state index contributed by atoms with van der Waals surface area (Å²) in [4.78, 5) is 12.1. The zero-order valence-corrected chi connectivity index (χ0v) is 11.0. The summed E-state index contributed by atoms with van der Waals surface area (Å²) >= 11 is 0. The Morgan fingerprint density at radius 3 is 2.82 bits per heavy atom. The van der Waals surface area contributed by atoms with Gasteiger partial charge in [0.15, 0.2) is 15.6 Å². The Kier molecular flexibility index (Phi) is 4.02. The van der Waals surface area contributed by atoms with E-state index in [0.717, 1.165) is 24.8 Å². The number of allylic oxidation sites excluding steroid dienone is 2. The average molecular weight is 256 g/mol. The van der Waals surface area contributed by atoms with Gasteiger partial charge >= 0.3 is 0 Å². The van der Waals surface area contributed by atoms with Crippen molar-refractivity contribution in [2.24, 2.45) is 5.92 Å². The molecular weight excluding hydrogens is 236 g/mol. The van der Waals surface area contributed by atoms with Gasteiger partial charge in [-0.15, -0.1) is 0 Å². The van der Waals surface area contributed by atoms with E-state index in [1.165, 1.54) is 12.8 Å². The second-order valence-electron chi connectivity index (χ2n) is 5.23. The lowest BCUT2D eigenvalue weighted by Crippen LogP contribution is -2.12. The molecule has 96 valence electrons. The van der Waals surface area contributed by atoms with Crippen LogP contribution in [0, 0.1) is 5.92 Å². The molecule has 0 spiro atoms. The molecule has 0 aromatic rings. The maximum absolute atomic E-state index is 12.1. The Bertz CT molecular complexity index is 420. The standard InChI is InChI=1S/C13H20O3S/c14-13(12-5-3-1-2-4-6-12)9-11-7-8-17(15,16)10-11/h5,11H,1-4,6-10H2. The van der Waals surface area contributed by atoms with Crippen molar-refractivity contribution in [2.45, 2.75) is 44.9 Å². The predicted molar refractivity (Wildman–Crippen MR) is 67.6 cm³/mol. The van der Waals surface area contributed by atoms with Gasteiger partial charge in [-0.25, -0.2) is 8.42 Å². The van der Waals surface area contributed by atoms with E-state index >= 15 is 0 Å². The summed E-state index contributed by atoms with van der Waals surface area (Å²) in [6.45, 7) is 0. The number of carbonyl (C=O) groups is 1. The van der Waals surface area contributed by atoms with Crippen molar-refractivity contribution in [3.8, 4) is 0 Å². The monoisotopic (exact) mass is 256 g/mol. The SMILES string of the molecule is O=C(CC1CCS(=O)(=O)C1)C1=CCCCCC1. The summed E-state index contributed by atoms with van der Waals surface area (Å²) in [5.74, 6) is 0.737. The number of ketones is 1. The van der Waals surface area contributed by atoms with E-state index in [2.05, 4.69) is 6.08 Å². The van der Waals surface area contributed by atoms with E-state index in [1.807, 2.05) is 0 Å². The number of rotatable bonds is 3. The summed E-state index contributed by atoms with van der Waals surface area (Å²) in [6.07, 6.45) is 8.54. The molecule has 1 unspecified atom stereocenters. The summed E-state index contributed by atoms with van der Waals surface area (Å²) < 4.78 is 22.7. The largest absolute Gasteiger partial charge is 0.295 e. The van der Waals surface area contributed by atoms with Crippen LogP contribution < -0.4 is 0 Å². The van der Waals surface area contributed by atoms with Gasteiger partial charge in [-0.05, 0) is 43.6 Å². The lowest BCUT2D eigenvalue weighted by Gasteiger charge is -2.08. The zero-order valence-electron chi connectivity index (χ0n) is 10.2. The van der Waals surface area contributed by atoms with Crippen LogP contribution in [0.3, 0.4) is 0 Å². The highest BCUT2D eigenvalue weighted by Gasteiger charge is 2.29. The van der Waals surface area contributed by atoms with Gasteiger partial charge in [-0.3, -0.25) is 4.79 Å². The molecule has 0 aromatic carbocycles. The molecular formula is C13H20O3S. The van der Waals surface area contributed by atoms with Crippen molar-refractivity contribution in [3.05, 3.63) is 11.6 Å². The fraction of sp³-hybridized carbons (Fsp3) is 0.769. The van der Waals surface area contributed by atoms with Crippen LogP contribution in [0.2, 0.25) is 0 Å². The van der Waals surface area contributed by atoms with Gasteiger partial charge in [0.05, 0.1) is 11.5 Å². The lowest BCUT2D eigenvalue weighted by atomic mass is 9.95. The molecule has 2 rings (SSSR count). The molecule has 1 atom stereocenters. The molecule has 4 heteroatoms. The van der Waals surface area contributed by atoms with Crippen molar-refractivity contribution in [1.29, 1.82) is 0 Å². The third-order valence-corrected chi connectivity index (χ3v) is 5.54.